The van der Waals surface area contributed by atoms with Gasteiger partial charge in [0.2, 0.25) is 5.91 Å². The minimum Gasteiger partial charge on any atom is -0.478 e. The number of rotatable bonds is 2. The van der Waals surface area contributed by atoms with E-state index >= 15 is 0 Å². The average Bonchev–Trinajstić information content (AvgIpc) is 2.26. The lowest BCUT2D eigenvalue weighted by molar-refractivity contribution is -0.115. The summed E-state index contributed by atoms with van der Waals surface area (Å²) in [6.07, 6.45) is 0. The van der Waals surface area contributed by atoms with Gasteiger partial charge in [-0.25, -0.2) is 4.79 Å². The molecule has 1 aliphatic rings. The number of amides is 1. The number of fused-ring (bicyclic) bond motifs is 1. The molecule has 0 radical (unpaired) electrons. The smallest absolute Gasteiger partial charge is 0.335 e. The zero-order chi connectivity index (χ0) is 12.6. The van der Waals surface area contributed by atoms with Gasteiger partial charge in [-0.2, -0.15) is 0 Å². The van der Waals surface area contributed by atoms with Crippen LogP contribution in [-0.4, -0.2) is 29.6 Å². The van der Waals surface area contributed by atoms with Crippen molar-refractivity contribution in [1.82, 2.24) is 0 Å². The molecule has 0 unspecified atom stereocenters. The van der Waals surface area contributed by atoms with Crippen LogP contribution in [0, 0.1) is 0 Å². The molecule has 0 spiro atoms. The van der Waals surface area contributed by atoms with Crippen LogP contribution in [0.3, 0.4) is 0 Å². The molecule has 90 valence electrons. The lowest BCUT2D eigenvalue weighted by Gasteiger charge is -2.34. The van der Waals surface area contributed by atoms with Crippen molar-refractivity contribution in [1.29, 1.82) is 0 Å². The molecule has 0 fully saturated rings. The summed E-state index contributed by atoms with van der Waals surface area (Å²) in [5.74, 6) is -1.04. The van der Waals surface area contributed by atoms with Gasteiger partial charge in [-0.1, -0.05) is 0 Å². The van der Waals surface area contributed by atoms with Gasteiger partial charge in [-0.3, -0.25) is 4.79 Å². The van der Waals surface area contributed by atoms with Gasteiger partial charge >= 0.3 is 5.97 Å². The number of benzene rings is 1. The number of anilines is 2. The maximum atomic E-state index is 11.5. The Hall–Kier alpha value is -2.04. The zero-order valence-corrected chi connectivity index (χ0v) is 9.73. The van der Waals surface area contributed by atoms with Crippen LogP contribution in [0.1, 0.15) is 24.2 Å². The quantitative estimate of drug-likeness (QED) is 0.814. The number of aromatic carboxylic acids is 1. The summed E-state index contributed by atoms with van der Waals surface area (Å²) in [4.78, 5) is 24.3. The Morgan fingerprint density at radius 1 is 1.47 bits per heavy atom. The molecule has 1 aliphatic heterocycles. The molecular formula is C12H14N2O3. The van der Waals surface area contributed by atoms with Crippen molar-refractivity contribution in [3.05, 3.63) is 23.8 Å². The molecule has 5 heteroatoms. The lowest BCUT2D eigenvalue weighted by Crippen LogP contribution is -2.42. The first-order chi connectivity index (χ1) is 7.99. The Morgan fingerprint density at radius 2 is 2.18 bits per heavy atom. The van der Waals surface area contributed by atoms with Crippen LogP contribution < -0.4 is 10.2 Å². The fourth-order valence-corrected chi connectivity index (χ4v) is 1.90. The Labute approximate surface area is 99.0 Å². The molecule has 0 aliphatic carbocycles. The molecule has 5 nitrogen and oxygen atoms in total. The second kappa shape index (κ2) is 4.08. The van der Waals surface area contributed by atoms with Crippen LogP contribution in [0.2, 0.25) is 0 Å². The fraction of sp³-hybridized carbons (Fsp3) is 0.333. The molecule has 0 saturated carbocycles. The van der Waals surface area contributed by atoms with E-state index in [1.807, 2.05) is 18.7 Å². The van der Waals surface area contributed by atoms with E-state index in [0.29, 0.717) is 5.69 Å². The third-order valence-electron chi connectivity index (χ3n) is 2.77. The molecule has 1 amide bonds. The Morgan fingerprint density at radius 3 is 2.76 bits per heavy atom. The van der Waals surface area contributed by atoms with Gasteiger partial charge in [0.05, 0.1) is 23.5 Å². The molecule has 0 bridgehead atoms. The SMILES string of the molecule is CC(C)N1CC(=O)Nc2ccc(C(=O)O)cc21. The normalized spacial score (nSPS) is 14.5. The highest BCUT2D eigenvalue weighted by molar-refractivity contribution is 6.02. The molecule has 1 aromatic rings. The van der Waals surface area contributed by atoms with Gasteiger partial charge in [0.1, 0.15) is 0 Å². The van der Waals surface area contributed by atoms with Crippen molar-refractivity contribution in [2.24, 2.45) is 0 Å². The Balaban J connectivity index is 2.49. The van der Waals surface area contributed by atoms with Crippen molar-refractivity contribution < 1.29 is 14.7 Å². The third-order valence-corrected chi connectivity index (χ3v) is 2.77. The zero-order valence-electron chi connectivity index (χ0n) is 9.73. The number of nitrogens with zero attached hydrogens (tertiary/aromatic N) is 1. The molecule has 17 heavy (non-hydrogen) atoms. The number of carbonyl (C=O) groups is 2. The summed E-state index contributed by atoms with van der Waals surface area (Å²) in [7, 11) is 0. The first-order valence-corrected chi connectivity index (χ1v) is 5.43. The molecule has 1 aromatic carbocycles. The number of nitrogens with one attached hydrogen (secondary N) is 1. The van der Waals surface area contributed by atoms with E-state index in [1.165, 1.54) is 6.07 Å². The molecule has 0 atom stereocenters. The summed E-state index contributed by atoms with van der Waals surface area (Å²) >= 11 is 0. The summed E-state index contributed by atoms with van der Waals surface area (Å²) < 4.78 is 0. The highest BCUT2D eigenvalue weighted by atomic mass is 16.4. The summed E-state index contributed by atoms with van der Waals surface area (Å²) in [5, 5.41) is 11.7. The minimum absolute atomic E-state index is 0.0747. The number of hydrogen-bond acceptors (Lipinski definition) is 3. The van der Waals surface area contributed by atoms with Crippen molar-refractivity contribution in [2.45, 2.75) is 19.9 Å². The molecule has 0 aromatic heterocycles. The van der Waals surface area contributed by atoms with Gasteiger partial charge < -0.3 is 15.3 Å². The van der Waals surface area contributed by atoms with Crippen LogP contribution in [-0.2, 0) is 4.79 Å². The van der Waals surface area contributed by atoms with Gasteiger partial charge in [0, 0.05) is 6.04 Å². The van der Waals surface area contributed by atoms with E-state index < -0.39 is 5.97 Å². The van der Waals surface area contributed by atoms with Crippen LogP contribution in [0.25, 0.3) is 0 Å². The fourth-order valence-electron chi connectivity index (χ4n) is 1.90. The summed E-state index contributed by atoms with van der Waals surface area (Å²) in [6, 6.07) is 4.86. The second-order valence-corrected chi connectivity index (χ2v) is 4.31. The maximum Gasteiger partial charge on any atom is 0.335 e. The number of carbonyl (C=O) groups excluding carboxylic acids is 1. The van der Waals surface area contributed by atoms with E-state index in [9.17, 15) is 9.59 Å². The van der Waals surface area contributed by atoms with Crippen LogP contribution in [0.5, 0.6) is 0 Å². The lowest BCUT2D eigenvalue weighted by atomic mass is 10.1. The van der Waals surface area contributed by atoms with Crippen molar-refractivity contribution >= 4 is 23.3 Å². The summed E-state index contributed by atoms with van der Waals surface area (Å²) in [5.41, 5.74) is 1.66. The highest BCUT2D eigenvalue weighted by Crippen LogP contribution is 2.31. The Bertz CT molecular complexity index is 483. The Kier molecular flexibility index (Phi) is 2.75. The molecule has 2 N–H and O–H groups in total. The monoisotopic (exact) mass is 234 g/mol. The summed E-state index contributed by atoms with van der Waals surface area (Å²) in [6.45, 7) is 4.19. The van der Waals surface area contributed by atoms with Crippen molar-refractivity contribution in [3.63, 3.8) is 0 Å². The van der Waals surface area contributed by atoms with Gasteiger partial charge in [0.15, 0.2) is 0 Å². The standard InChI is InChI=1S/C12H14N2O3/c1-7(2)14-6-11(15)13-9-4-3-8(12(16)17)5-10(9)14/h3-5,7H,6H2,1-2H3,(H,13,15)(H,16,17). The topological polar surface area (TPSA) is 69.6 Å². The first kappa shape index (κ1) is 11.4. The van der Waals surface area contributed by atoms with E-state index in [-0.39, 0.29) is 24.1 Å². The molecular weight excluding hydrogens is 220 g/mol. The predicted octanol–water partition coefficient (Wildman–Crippen LogP) is 1.55. The molecule has 0 saturated heterocycles. The minimum atomic E-state index is -0.964. The van der Waals surface area contributed by atoms with E-state index in [2.05, 4.69) is 5.32 Å². The second-order valence-electron chi connectivity index (χ2n) is 4.31. The first-order valence-electron chi connectivity index (χ1n) is 5.43. The largest absolute Gasteiger partial charge is 0.478 e. The van der Waals surface area contributed by atoms with Crippen LogP contribution in [0.4, 0.5) is 11.4 Å². The van der Waals surface area contributed by atoms with Crippen LogP contribution >= 0.6 is 0 Å². The average molecular weight is 234 g/mol. The maximum absolute atomic E-state index is 11.5. The number of carboxylic acids is 1. The van der Waals surface area contributed by atoms with E-state index in [0.717, 1.165) is 5.69 Å². The van der Waals surface area contributed by atoms with Gasteiger partial charge in [-0.05, 0) is 32.0 Å². The van der Waals surface area contributed by atoms with E-state index in [4.69, 9.17) is 5.11 Å². The molecule has 2 rings (SSSR count). The van der Waals surface area contributed by atoms with Crippen molar-refractivity contribution in [3.8, 4) is 0 Å². The highest BCUT2D eigenvalue weighted by Gasteiger charge is 2.24. The van der Waals surface area contributed by atoms with Gasteiger partial charge in [-0.15, -0.1) is 0 Å². The number of hydrogen-bond donors (Lipinski definition) is 2. The number of carboxylic acid groups (broad SMARTS) is 1. The van der Waals surface area contributed by atoms with E-state index in [1.54, 1.807) is 12.1 Å². The molecule has 1 heterocycles. The van der Waals surface area contributed by atoms with Crippen LogP contribution in [0.15, 0.2) is 18.2 Å². The van der Waals surface area contributed by atoms with Gasteiger partial charge in [0.25, 0.3) is 0 Å². The van der Waals surface area contributed by atoms with Crippen molar-refractivity contribution in [2.75, 3.05) is 16.8 Å². The third kappa shape index (κ3) is 2.08. The predicted molar refractivity (Wildman–Crippen MR) is 64.5 cm³/mol.